The average molecular weight is 445 g/mol. The number of nitrogens with one attached hydrogen (secondary N) is 3. The Labute approximate surface area is 168 Å². The summed E-state index contributed by atoms with van der Waals surface area (Å²) >= 11 is 5.10. The summed E-state index contributed by atoms with van der Waals surface area (Å²) in [6, 6.07) is 14.9. The fourth-order valence-electron chi connectivity index (χ4n) is 3.09. The van der Waals surface area contributed by atoms with Crippen LogP contribution in [0.15, 0.2) is 57.4 Å². The van der Waals surface area contributed by atoms with Crippen LogP contribution in [0, 0.1) is 0 Å². The third kappa shape index (κ3) is 3.89. The molecule has 2 heterocycles. The molecule has 0 saturated carbocycles. The molecule has 1 amide bonds. The lowest BCUT2D eigenvalue weighted by atomic mass is 10.0. The van der Waals surface area contributed by atoms with E-state index in [0.717, 1.165) is 19.4 Å². The minimum atomic E-state index is -0.380. The van der Waals surface area contributed by atoms with Crippen LogP contribution in [0.4, 0.5) is 0 Å². The molecule has 1 saturated heterocycles. The van der Waals surface area contributed by atoms with Crippen LogP contribution >= 0.6 is 27.3 Å². The van der Waals surface area contributed by atoms with E-state index in [1.807, 2.05) is 42.5 Å². The van der Waals surface area contributed by atoms with Gasteiger partial charge in [-0.2, -0.15) is 5.10 Å². The largest absolute Gasteiger partial charge is 0.507 e. The third-order valence-corrected chi connectivity index (χ3v) is 6.21. The van der Waals surface area contributed by atoms with Crippen molar-refractivity contribution >= 4 is 50.2 Å². The monoisotopic (exact) mass is 444 g/mol. The fourth-order valence-corrected chi connectivity index (χ4v) is 4.58. The predicted molar refractivity (Wildman–Crippen MR) is 111 cm³/mol. The van der Waals surface area contributed by atoms with Gasteiger partial charge in [-0.1, -0.05) is 30.3 Å². The molecule has 27 heavy (non-hydrogen) atoms. The number of hydrazine groups is 1. The molecule has 0 bridgehead atoms. The molecule has 2 unspecified atom stereocenters. The molecule has 1 aliphatic heterocycles. The number of fused-ring (bicyclic) bond motifs is 1. The van der Waals surface area contributed by atoms with Crippen molar-refractivity contribution in [3.05, 3.63) is 62.8 Å². The van der Waals surface area contributed by atoms with E-state index in [1.165, 1.54) is 6.21 Å². The summed E-state index contributed by atoms with van der Waals surface area (Å²) in [4.78, 5) is 13.5. The second-order valence-corrected chi connectivity index (χ2v) is 8.72. The molecule has 2 atom stereocenters. The van der Waals surface area contributed by atoms with Gasteiger partial charge in [-0.25, -0.2) is 16.3 Å². The zero-order valence-corrected chi connectivity index (χ0v) is 16.5. The smallest absolute Gasteiger partial charge is 0.258 e. The second-order valence-electron chi connectivity index (χ2n) is 6.23. The number of carbonyl (C=O) groups is 1. The first-order valence-electron chi connectivity index (χ1n) is 8.42. The lowest BCUT2D eigenvalue weighted by Gasteiger charge is -2.07. The Morgan fingerprint density at radius 3 is 2.89 bits per heavy atom. The van der Waals surface area contributed by atoms with Gasteiger partial charge >= 0.3 is 0 Å². The highest BCUT2D eigenvalue weighted by molar-refractivity contribution is 9.11. The number of thiophene rings is 1. The van der Waals surface area contributed by atoms with Crippen molar-refractivity contribution in [3.63, 3.8) is 0 Å². The molecule has 8 heteroatoms. The Kier molecular flexibility index (Phi) is 5.22. The van der Waals surface area contributed by atoms with Gasteiger partial charge in [-0.05, 0) is 51.3 Å². The van der Waals surface area contributed by atoms with Gasteiger partial charge in [-0.3, -0.25) is 4.79 Å². The van der Waals surface area contributed by atoms with Gasteiger partial charge in [0.25, 0.3) is 5.91 Å². The van der Waals surface area contributed by atoms with Crippen molar-refractivity contribution in [3.8, 4) is 5.75 Å². The summed E-state index contributed by atoms with van der Waals surface area (Å²) < 4.78 is 1.06. The molecule has 4 N–H and O–H groups in total. The number of hydrogen-bond donors (Lipinski definition) is 4. The molecule has 0 aliphatic carbocycles. The SMILES string of the molecule is O=C(N/N=C/c1c(O)ccc2ccccc12)C1CC(c2ccc(Br)s2)NN1. The van der Waals surface area contributed by atoms with Crippen molar-refractivity contribution in [2.75, 3.05) is 0 Å². The summed E-state index contributed by atoms with van der Waals surface area (Å²) in [5.41, 5.74) is 9.28. The van der Waals surface area contributed by atoms with Crippen LogP contribution in [-0.2, 0) is 4.79 Å². The second kappa shape index (κ2) is 7.77. The van der Waals surface area contributed by atoms with E-state index in [-0.39, 0.29) is 23.7 Å². The molecule has 4 rings (SSSR count). The van der Waals surface area contributed by atoms with Crippen molar-refractivity contribution in [1.82, 2.24) is 16.3 Å². The lowest BCUT2D eigenvalue weighted by molar-refractivity contribution is -0.122. The zero-order valence-electron chi connectivity index (χ0n) is 14.1. The van der Waals surface area contributed by atoms with E-state index in [0.29, 0.717) is 12.0 Å². The number of aromatic hydroxyl groups is 1. The average Bonchev–Trinajstić information content (AvgIpc) is 3.32. The number of hydrogen-bond acceptors (Lipinski definition) is 6. The maximum absolute atomic E-state index is 12.4. The molecule has 0 spiro atoms. The number of carbonyl (C=O) groups excluding carboxylic acids is 1. The van der Waals surface area contributed by atoms with Crippen LogP contribution < -0.4 is 16.3 Å². The maximum Gasteiger partial charge on any atom is 0.258 e. The quantitative estimate of drug-likeness (QED) is 0.366. The van der Waals surface area contributed by atoms with Crippen LogP contribution in [0.25, 0.3) is 10.8 Å². The number of rotatable bonds is 4. The number of halogens is 1. The molecule has 6 nitrogen and oxygen atoms in total. The number of nitrogens with zero attached hydrogens (tertiary/aromatic N) is 1. The van der Waals surface area contributed by atoms with Gasteiger partial charge in [0.05, 0.1) is 16.0 Å². The van der Waals surface area contributed by atoms with Gasteiger partial charge in [0.2, 0.25) is 0 Å². The molecule has 138 valence electrons. The summed E-state index contributed by atoms with van der Waals surface area (Å²) in [5, 5.41) is 16.0. The van der Waals surface area contributed by atoms with E-state index in [1.54, 1.807) is 17.4 Å². The van der Waals surface area contributed by atoms with Crippen molar-refractivity contribution < 1.29 is 9.90 Å². The predicted octanol–water partition coefficient (Wildman–Crippen LogP) is 3.43. The van der Waals surface area contributed by atoms with E-state index in [2.05, 4.69) is 37.3 Å². The van der Waals surface area contributed by atoms with Crippen LogP contribution in [0.2, 0.25) is 0 Å². The number of amides is 1. The van der Waals surface area contributed by atoms with Crippen LogP contribution in [-0.4, -0.2) is 23.3 Å². The summed E-state index contributed by atoms with van der Waals surface area (Å²) in [6.45, 7) is 0. The highest BCUT2D eigenvalue weighted by Gasteiger charge is 2.30. The summed E-state index contributed by atoms with van der Waals surface area (Å²) in [6.07, 6.45) is 2.11. The van der Waals surface area contributed by atoms with Crippen LogP contribution in [0.3, 0.4) is 0 Å². The van der Waals surface area contributed by atoms with Gasteiger partial charge in [-0.15, -0.1) is 11.3 Å². The summed E-state index contributed by atoms with van der Waals surface area (Å²) in [7, 11) is 0. The molecule has 3 aromatic rings. The van der Waals surface area contributed by atoms with Crippen LogP contribution in [0.1, 0.15) is 22.9 Å². The van der Waals surface area contributed by atoms with Crippen LogP contribution in [0.5, 0.6) is 5.75 Å². The molecule has 0 radical (unpaired) electrons. The highest BCUT2D eigenvalue weighted by Crippen LogP contribution is 2.31. The van der Waals surface area contributed by atoms with Crippen molar-refractivity contribution in [2.45, 2.75) is 18.5 Å². The Balaban J connectivity index is 1.42. The van der Waals surface area contributed by atoms with E-state index in [4.69, 9.17) is 0 Å². The van der Waals surface area contributed by atoms with Crippen molar-refractivity contribution in [2.24, 2.45) is 5.10 Å². The molecular weight excluding hydrogens is 428 g/mol. The molecule has 1 fully saturated rings. The Morgan fingerprint density at radius 2 is 2.07 bits per heavy atom. The maximum atomic E-state index is 12.4. The number of hydrazone groups is 1. The molecular formula is C19H17BrN4O2S. The third-order valence-electron chi connectivity index (χ3n) is 4.47. The van der Waals surface area contributed by atoms with Crippen molar-refractivity contribution in [1.29, 1.82) is 0 Å². The first-order chi connectivity index (χ1) is 13.1. The number of phenols is 1. The molecule has 2 aromatic carbocycles. The number of phenolic OH excluding ortho intramolecular Hbond substituents is 1. The van der Waals surface area contributed by atoms with E-state index >= 15 is 0 Å². The van der Waals surface area contributed by atoms with E-state index < -0.39 is 0 Å². The van der Waals surface area contributed by atoms with Gasteiger partial charge in [0.15, 0.2) is 0 Å². The minimum Gasteiger partial charge on any atom is -0.507 e. The molecule has 1 aromatic heterocycles. The topological polar surface area (TPSA) is 85.8 Å². The zero-order chi connectivity index (χ0) is 18.8. The first-order valence-corrected chi connectivity index (χ1v) is 10.0. The summed E-state index contributed by atoms with van der Waals surface area (Å²) in [5.74, 6) is -0.104. The Bertz CT molecular complexity index is 1020. The number of benzene rings is 2. The molecule has 1 aliphatic rings. The van der Waals surface area contributed by atoms with E-state index in [9.17, 15) is 9.90 Å². The van der Waals surface area contributed by atoms with Gasteiger partial charge < -0.3 is 5.11 Å². The lowest BCUT2D eigenvalue weighted by Crippen LogP contribution is -2.41. The fraction of sp³-hybridized carbons (Fsp3) is 0.158. The Morgan fingerprint density at radius 1 is 1.22 bits per heavy atom. The normalized spacial score (nSPS) is 19.7. The highest BCUT2D eigenvalue weighted by atomic mass is 79.9. The van der Waals surface area contributed by atoms with Gasteiger partial charge in [0.1, 0.15) is 11.8 Å². The van der Waals surface area contributed by atoms with Gasteiger partial charge in [0, 0.05) is 10.4 Å². The Hall–Kier alpha value is -2.26. The minimum absolute atomic E-state index is 0.0862. The first kappa shape index (κ1) is 18.1. The standard InChI is InChI=1S/C19H17BrN4O2S/c20-18-8-7-17(27-18)14-9-15(23-22-14)19(26)24-21-10-13-12-4-2-1-3-11(12)5-6-16(13)25/h1-8,10,14-15,22-23,25H,9H2,(H,24,26)/b21-10+.